The van der Waals surface area contributed by atoms with Crippen molar-refractivity contribution in [2.75, 3.05) is 5.32 Å². The Morgan fingerprint density at radius 2 is 1.95 bits per heavy atom. The second kappa shape index (κ2) is 6.45. The van der Waals surface area contributed by atoms with E-state index < -0.39 is 16.6 Å². The lowest BCUT2D eigenvalue weighted by Gasteiger charge is -2.06. The summed E-state index contributed by atoms with van der Waals surface area (Å²) in [6, 6.07) is 11.2. The Kier molecular flexibility index (Phi) is 4.44. The number of nitrogens with one attached hydrogen (secondary N) is 1. The van der Waals surface area contributed by atoms with E-state index in [1.807, 2.05) is 6.07 Å². The topological polar surface area (TPSA) is 96.0 Å². The number of hydrogen-bond acceptors (Lipinski definition) is 4. The van der Waals surface area contributed by atoms with Gasteiger partial charge in [-0.15, -0.1) is 0 Å². The van der Waals surface area contributed by atoms with Crippen molar-refractivity contribution in [3.8, 4) is 6.07 Å². The van der Waals surface area contributed by atoms with Crippen LogP contribution in [-0.2, 0) is 11.2 Å². The van der Waals surface area contributed by atoms with Crippen molar-refractivity contribution in [2.45, 2.75) is 6.42 Å². The first kappa shape index (κ1) is 15.1. The lowest BCUT2D eigenvalue weighted by molar-refractivity contribution is -0.384. The van der Waals surface area contributed by atoms with Crippen molar-refractivity contribution >= 4 is 17.3 Å². The van der Waals surface area contributed by atoms with Gasteiger partial charge in [0.2, 0.25) is 5.91 Å². The standard InChI is InChI=1S/C15H10FN3O3/c16-13-6-5-12(19(21)22)8-14(13)18-15(20)7-10-1-3-11(9-17)4-2-10/h1-6,8H,7H2,(H,18,20). The monoisotopic (exact) mass is 299 g/mol. The minimum Gasteiger partial charge on any atom is -0.323 e. The smallest absolute Gasteiger partial charge is 0.271 e. The molecule has 2 aromatic rings. The number of amides is 1. The Hall–Kier alpha value is -3.27. The van der Waals surface area contributed by atoms with Crippen LogP contribution in [-0.4, -0.2) is 10.8 Å². The van der Waals surface area contributed by atoms with Gasteiger partial charge in [0.05, 0.1) is 28.7 Å². The molecule has 6 nitrogen and oxygen atoms in total. The highest BCUT2D eigenvalue weighted by Crippen LogP contribution is 2.21. The van der Waals surface area contributed by atoms with Crippen LogP contribution >= 0.6 is 0 Å². The van der Waals surface area contributed by atoms with Crippen LogP contribution in [0.2, 0.25) is 0 Å². The lowest BCUT2D eigenvalue weighted by Crippen LogP contribution is -2.15. The second-order valence-corrected chi connectivity index (χ2v) is 4.45. The van der Waals surface area contributed by atoms with E-state index in [4.69, 9.17) is 5.26 Å². The van der Waals surface area contributed by atoms with Crippen LogP contribution in [0.5, 0.6) is 0 Å². The zero-order chi connectivity index (χ0) is 16.1. The molecule has 0 saturated carbocycles. The molecule has 0 aliphatic rings. The summed E-state index contributed by atoms with van der Waals surface area (Å²) < 4.78 is 13.6. The normalized spacial score (nSPS) is 9.82. The Balaban J connectivity index is 2.10. The molecule has 0 radical (unpaired) electrons. The van der Waals surface area contributed by atoms with Crippen molar-refractivity contribution in [1.82, 2.24) is 0 Å². The van der Waals surface area contributed by atoms with E-state index in [0.717, 1.165) is 18.2 Å². The van der Waals surface area contributed by atoms with Gasteiger partial charge < -0.3 is 5.32 Å². The van der Waals surface area contributed by atoms with Crippen LogP contribution in [0.4, 0.5) is 15.8 Å². The molecular weight excluding hydrogens is 289 g/mol. The number of non-ortho nitro benzene ring substituents is 1. The first-order chi connectivity index (χ1) is 10.5. The molecule has 1 amide bonds. The minimum absolute atomic E-state index is 0.0339. The van der Waals surface area contributed by atoms with Crippen LogP contribution in [0.3, 0.4) is 0 Å². The molecule has 2 rings (SSSR count). The van der Waals surface area contributed by atoms with E-state index in [9.17, 15) is 19.3 Å². The summed E-state index contributed by atoms with van der Waals surface area (Å²) in [6.45, 7) is 0. The maximum Gasteiger partial charge on any atom is 0.271 e. The van der Waals surface area contributed by atoms with Crippen molar-refractivity contribution < 1.29 is 14.1 Å². The van der Waals surface area contributed by atoms with Gasteiger partial charge in [-0.05, 0) is 23.8 Å². The molecule has 110 valence electrons. The lowest BCUT2D eigenvalue weighted by atomic mass is 10.1. The number of rotatable bonds is 4. The summed E-state index contributed by atoms with van der Waals surface area (Å²) in [4.78, 5) is 21.8. The third-order valence-electron chi connectivity index (χ3n) is 2.88. The zero-order valence-electron chi connectivity index (χ0n) is 11.2. The first-order valence-electron chi connectivity index (χ1n) is 6.22. The molecule has 2 aromatic carbocycles. The van der Waals surface area contributed by atoms with Crippen LogP contribution < -0.4 is 5.32 Å². The molecule has 0 saturated heterocycles. The number of halogens is 1. The third kappa shape index (κ3) is 3.64. The van der Waals surface area contributed by atoms with Gasteiger partial charge in [0, 0.05) is 12.1 Å². The fraction of sp³-hybridized carbons (Fsp3) is 0.0667. The Bertz CT molecular complexity index is 767. The van der Waals surface area contributed by atoms with Gasteiger partial charge in [-0.1, -0.05) is 12.1 Å². The number of hydrogen-bond donors (Lipinski definition) is 1. The van der Waals surface area contributed by atoms with Crippen LogP contribution in [0.1, 0.15) is 11.1 Å². The van der Waals surface area contributed by atoms with Crippen molar-refractivity contribution in [1.29, 1.82) is 5.26 Å². The molecule has 0 atom stereocenters. The van der Waals surface area contributed by atoms with Crippen LogP contribution in [0, 0.1) is 27.3 Å². The number of nitro groups is 1. The number of nitro benzene ring substituents is 1. The highest BCUT2D eigenvalue weighted by atomic mass is 19.1. The molecule has 0 heterocycles. The molecule has 0 aliphatic heterocycles. The molecule has 0 unspecified atom stereocenters. The Labute approximate surface area is 125 Å². The third-order valence-corrected chi connectivity index (χ3v) is 2.88. The number of carbonyl (C=O) groups is 1. The van der Waals surface area contributed by atoms with E-state index in [1.165, 1.54) is 0 Å². The van der Waals surface area contributed by atoms with Crippen molar-refractivity contribution in [3.63, 3.8) is 0 Å². The molecule has 0 spiro atoms. The summed E-state index contributed by atoms with van der Waals surface area (Å²) in [5.74, 6) is -1.26. The number of benzene rings is 2. The van der Waals surface area contributed by atoms with Gasteiger partial charge in [0.1, 0.15) is 5.82 Å². The van der Waals surface area contributed by atoms with Gasteiger partial charge in [0.15, 0.2) is 0 Å². The summed E-state index contributed by atoms with van der Waals surface area (Å²) >= 11 is 0. The largest absolute Gasteiger partial charge is 0.323 e. The van der Waals surface area contributed by atoms with Gasteiger partial charge in [0.25, 0.3) is 5.69 Å². The molecule has 0 fully saturated rings. The zero-order valence-corrected chi connectivity index (χ0v) is 11.2. The molecule has 7 heteroatoms. The van der Waals surface area contributed by atoms with E-state index in [0.29, 0.717) is 11.1 Å². The van der Waals surface area contributed by atoms with Crippen LogP contribution in [0.15, 0.2) is 42.5 Å². The predicted molar refractivity (Wildman–Crippen MR) is 76.5 cm³/mol. The van der Waals surface area contributed by atoms with Crippen molar-refractivity contribution in [2.24, 2.45) is 0 Å². The summed E-state index contributed by atoms with van der Waals surface area (Å²) in [7, 11) is 0. The molecule has 0 aromatic heterocycles. The van der Waals surface area contributed by atoms with Crippen LogP contribution in [0.25, 0.3) is 0 Å². The molecule has 22 heavy (non-hydrogen) atoms. The number of nitriles is 1. The van der Waals surface area contributed by atoms with Gasteiger partial charge in [-0.2, -0.15) is 5.26 Å². The molecule has 0 bridgehead atoms. The van der Waals surface area contributed by atoms with Gasteiger partial charge in [-0.3, -0.25) is 14.9 Å². The van der Waals surface area contributed by atoms with Crippen molar-refractivity contribution in [3.05, 3.63) is 69.5 Å². The fourth-order valence-corrected chi connectivity index (χ4v) is 1.80. The molecule has 1 N–H and O–H groups in total. The number of nitrogens with zero attached hydrogens (tertiary/aromatic N) is 2. The van der Waals surface area contributed by atoms with Gasteiger partial charge in [-0.25, -0.2) is 4.39 Å². The highest BCUT2D eigenvalue weighted by Gasteiger charge is 2.13. The maximum atomic E-state index is 13.6. The number of anilines is 1. The predicted octanol–water partition coefficient (Wildman–Crippen LogP) is 2.79. The SMILES string of the molecule is N#Cc1ccc(CC(=O)Nc2cc([N+](=O)[O-])ccc2F)cc1. The fourth-order valence-electron chi connectivity index (χ4n) is 1.80. The van der Waals surface area contributed by atoms with Gasteiger partial charge >= 0.3 is 0 Å². The first-order valence-corrected chi connectivity index (χ1v) is 6.22. The minimum atomic E-state index is -0.751. The van der Waals surface area contributed by atoms with E-state index in [-0.39, 0.29) is 17.8 Å². The average molecular weight is 299 g/mol. The summed E-state index contributed by atoms with van der Waals surface area (Å²) in [5, 5.41) is 21.6. The summed E-state index contributed by atoms with van der Waals surface area (Å²) in [6.07, 6.45) is -0.0339. The Morgan fingerprint density at radius 1 is 1.27 bits per heavy atom. The van der Waals surface area contributed by atoms with E-state index >= 15 is 0 Å². The quantitative estimate of drug-likeness (QED) is 0.693. The maximum absolute atomic E-state index is 13.6. The van der Waals surface area contributed by atoms with E-state index in [2.05, 4.69) is 5.32 Å². The number of carbonyl (C=O) groups excluding carboxylic acids is 1. The average Bonchev–Trinajstić information content (AvgIpc) is 2.50. The molecular formula is C15H10FN3O3. The summed E-state index contributed by atoms with van der Waals surface area (Å²) in [5.41, 5.74) is 0.555. The molecule has 0 aliphatic carbocycles. The second-order valence-electron chi connectivity index (χ2n) is 4.45. The van der Waals surface area contributed by atoms with E-state index in [1.54, 1.807) is 24.3 Å². The Morgan fingerprint density at radius 3 is 2.55 bits per heavy atom. The highest BCUT2D eigenvalue weighted by molar-refractivity contribution is 5.92.